The van der Waals surface area contributed by atoms with Gasteiger partial charge < -0.3 is 4.90 Å². The molecule has 1 amide bonds. The molecule has 0 fully saturated rings. The van der Waals surface area contributed by atoms with Crippen LogP contribution in [0, 0.1) is 0 Å². The molecule has 0 saturated carbocycles. The number of sulfonamides is 1. The summed E-state index contributed by atoms with van der Waals surface area (Å²) in [7, 11) is -1.70. The van der Waals surface area contributed by atoms with Crippen LogP contribution in [0.3, 0.4) is 0 Å². The number of pyridine rings is 1. The fourth-order valence-electron chi connectivity index (χ4n) is 2.03. The van der Waals surface area contributed by atoms with Gasteiger partial charge in [0.25, 0.3) is 0 Å². The van der Waals surface area contributed by atoms with E-state index in [1.807, 2.05) is 26.0 Å². The van der Waals surface area contributed by atoms with Crippen LogP contribution in [0.4, 0.5) is 0 Å². The third-order valence-corrected chi connectivity index (χ3v) is 5.05. The van der Waals surface area contributed by atoms with Gasteiger partial charge in [0.15, 0.2) is 0 Å². The zero-order valence-corrected chi connectivity index (χ0v) is 14.5. The fourth-order valence-corrected chi connectivity index (χ4v) is 3.18. The first kappa shape index (κ1) is 18.6. The van der Waals surface area contributed by atoms with E-state index in [-0.39, 0.29) is 18.5 Å². The molecule has 0 radical (unpaired) electrons. The second kappa shape index (κ2) is 8.24. The topological polar surface area (TPSA) is 70.6 Å². The molecule has 1 rings (SSSR count). The Labute approximate surface area is 133 Å². The second-order valence-electron chi connectivity index (χ2n) is 5.49. The van der Waals surface area contributed by atoms with Crippen LogP contribution in [0.25, 0.3) is 0 Å². The van der Waals surface area contributed by atoms with Gasteiger partial charge in [-0.2, -0.15) is 4.31 Å². The predicted molar refractivity (Wildman–Crippen MR) is 86.9 cm³/mol. The number of amides is 1. The van der Waals surface area contributed by atoms with Crippen molar-refractivity contribution in [2.45, 2.75) is 32.7 Å². The van der Waals surface area contributed by atoms with Gasteiger partial charge in [-0.1, -0.05) is 6.92 Å². The lowest BCUT2D eigenvalue weighted by molar-refractivity contribution is -0.130. The molecule has 0 aliphatic rings. The van der Waals surface area contributed by atoms with E-state index in [1.54, 1.807) is 24.3 Å². The van der Waals surface area contributed by atoms with Gasteiger partial charge in [-0.25, -0.2) is 8.42 Å². The molecule has 1 aromatic rings. The zero-order valence-electron chi connectivity index (χ0n) is 13.7. The summed E-state index contributed by atoms with van der Waals surface area (Å²) in [4.78, 5) is 17.8. The molecule has 0 N–H and O–H groups in total. The van der Waals surface area contributed by atoms with Crippen LogP contribution in [0.2, 0.25) is 0 Å². The van der Waals surface area contributed by atoms with Crippen LogP contribution in [-0.2, 0) is 21.2 Å². The van der Waals surface area contributed by atoms with E-state index in [0.717, 1.165) is 11.8 Å². The van der Waals surface area contributed by atoms with Gasteiger partial charge >= 0.3 is 0 Å². The van der Waals surface area contributed by atoms with Crippen molar-refractivity contribution in [3.63, 3.8) is 0 Å². The molecule has 0 aliphatic carbocycles. The Morgan fingerprint density at radius 1 is 1.32 bits per heavy atom. The van der Waals surface area contributed by atoms with Gasteiger partial charge in [0.05, 0.1) is 12.8 Å². The van der Waals surface area contributed by atoms with Crippen molar-refractivity contribution in [1.82, 2.24) is 14.2 Å². The predicted octanol–water partition coefficient (Wildman–Crippen LogP) is 1.14. The van der Waals surface area contributed by atoms with E-state index < -0.39 is 10.0 Å². The number of carbonyl (C=O) groups excluding carboxylic acids is 1. The minimum Gasteiger partial charge on any atom is -0.344 e. The van der Waals surface area contributed by atoms with Crippen molar-refractivity contribution >= 4 is 15.9 Å². The molecule has 1 atom stereocenters. The molecular weight excluding hydrogens is 302 g/mol. The van der Waals surface area contributed by atoms with Crippen LogP contribution in [0.1, 0.15) is 25.8 Å². The van der Waals surface area contributed by atoms with E-state index in [4.69, 9.17) is 0 Å². The standard InChI is InChI=1S/C15H25N3O3S/c1-5-13(2)18(22(4,20)21)12-15(19)17(3)11-8-14-6-9-16-10-7-14/h6-7,9-10,13H,5,8,11-12H2,1-4H3. The van der Waals surface area contributed by atoms with Gasteiger partial charge in [0.2, 0.25) is 15.9 Å². The summed E-state index contributed by atoms with van der Waals surface area (Å²) < 4.78 is 24.9. The number of nitrogens with zero attached hydrogens (tertiary/aromatic N) is 3. The first-order valence-electron chi connectivity index (χ1n) is 7.35. The zero-order chi connectivity index (χ0) is 16.8. The summed E-state index contributed by atoms with van der Waals surface area (Å²) >= 11 is 0. The number of hydrogen-bond acceptors (Lipinski definition) is 4. The minimum absolute atomic E-state index is 0.110. The van der Waals surface area contributed by atoms with Crippen molar-refractivity contribution in [3.8, 4) is 0 Å². The molecule has 0 spiro atoms. The summed E-state index contributed by atoms with van der Waals surface area (Å²) in [5.41, 5.74) is 1.09. The molecule has 1 heterocycles. The fraction of sp³-hybridized carbons (Fsp3) is 0.600. The van der Waals surface area contributed by atoms with Gasteiger partial charge in [0, 0.05) is 32.0 Å². The Kier molecular flexibility index (Phi) is 6.96. The Balaban J connectivity index is 2.62. The van der Waals surface area contributed by atoms with Crippen LogP contribution in [0.15, 0.2) is 24.5 Å². The normalized spacial score (nSPS) is 13.1. The highest BCUT2D eigenvalue weighted by Gasteiger charge is 2.25. The SMILES string of the molecule is CCC(C)N(CC(=O)N(C)CCc1ccncc1)S(C)(=O)=O. The van der Waals surface area contributed by atoms with E-state index in [1.165, 1.54) is 4.31 Å². The third-order valence-electron chi connectivity index (χ3n) is 3.71. The second-order valence-corrected chi connectivity index (χ2v) is 7.42. The van der Waals surface area contributed by atoms with Crippen LogP contribution in [-0.4, -0.2) is 60.9 Å². The lowest BCUT2D eigenvalue weighted by Gasteiger charge is -2.27. The van der Waals surface area contributed by atoms with Crippen molar-refractivity contribution < 1.29 is 13.2 Å². The summed E-state index contributed by atoms with van der Waals surface area (Å²) in [6, 6.07) is 3.62. The Morgan fingerprint density at radius 2 is 1.91 bits per heavy atom. The Bertz CT molecular complexity index is 575. The molecule has 0 saturated heterocycles. The van der Waals surface area contributed by atoms with Crippen molar-refractivity contribution in [3.05, 3.63) is 30.1 Å². The third kappa shape index (κ3) is 5.73. The van der Waals surface area contributed by atoms with E-state index >= 15 is 0 Å². The number of rotatable bonds is 8. The maximum atomic E-state index is 12.2. The molecule has 6 nitrogen and oxygen atoms in total. The molecule has 0 aliphatic heterocycles. The summed E-state index contributed by atoms with van der Waals surface area (Å²) in [5.74, 6) is -0.195. The van der Waals surface area contributed by atoms with E-state index in [9.17, 15) is 13.2 Å². The van der Waals surface area contributed by atoms with E-state index in [2.05, 4.69) is 4.98 Å². The summed E-state index contributed by atoms with van der Waals surface area (Å²) in [5, 5.41) is 0. The maximum absolute atomic E-state index is 12.2. The highest BCUT2D eigenvalue weighted by atomic mass is 32.2. The lowest BCUT2D eigenvalue weighted by Crippen LogP contribution is -2.45. The van der Waals surface area contributed by atoms with Crippen molar-refractivity contribution in [2.24, 2.45) is 0 Å². The number of aromatic nitrogens is 1. The Morgan fingerprint density at radius 3 is 2.41 bits per heavy atom. The summed E-state index contributed by atoms with van der Waals surface area (Å²) in [6.45, 7) is 4.15. The molecule has 124 valence electrons. The molecule has 1 aromatic heterocycles. The Hall–Kier alpha value is -1.47. The number of likely N-dealkylation sites (N-methyl/N-ethyl adjacent to an activating group) is 1. The number of hydrogen-bond donors (Lipinski definition) is 0. The van der Waals surface area contributed by atoms with Crippen molar-refractivity contribution in [1.29, 1.82) is 0 Å². The average molecular weight is 327 g/mol. The van der Waals surface area contributed by atoms with Gasteiger partial charge in [0.1, 0.15) is 0 Å². The van der Waals surface area contributed by atoms with Crippen LogP contribution >= 0.6 is 0 Å². The van der Waals surface area contributed by atoms with Crippen LogP contribution < -0.4 is 0 Å². The largest absolute Gasteiger partial charge is 0.344 e. The van der Waals surface area contributed by atoms with Gasteiger partial charge in [-0.15, -0.1) is 0 Å². The highest BCUT2D eigenvalue weighted by molar-refractivity contribution is 7.88. The van der Waals surface area contributed by atoms with Crippen LogP contribution in [0.5, 0.6) is 0 Å². The average Bonchev–Trinajstić information content (AvgIpc) is 2.49. The molecule has 22 heavy (non-hydrogen) atoms. The number of carbonyl (C=O) groups is 1. The highest BCUT2D eigenvalue weighted by Crippen LogP contribution is 2.09. The maximum Gasteiger partial charge on any atom is 0.237 e. The molecule has 1 unspecified atom stereocenters. The minimum atomic E-state index is -3.39. The summed E-state index contributed by atoms with van der Waals surface area (Å²) in [6.07, 6.45) is 5.95. The molecule has 0 aromatic carbocycles. The quantitative estimate of drug-likeness (QED) is 0.718. The molecule has 0 bridgehead atoms. The smallest absolute Gasteiger partial charge is 0.237 e. The monoisotopic (exact) mass is 327 g/mol. The molecule has 7 heteroatoms. The lowest BCUT2D eigenvalue weighted by atomic mass is 10.2. The van der Waals surface area contributed by atoms with Gasteiger partial charge in [-0.05, 0) is 37.5 Å². The first-order valence-corrected chi connectivity index (χ1v) is 9.20. The first-order chi connectivity index (χ1) is 10.3. The molecular formula is C15H25N3O3S. The van der Waals surface area contributed by atoms with E-state index in [0.29, 0.717) is 19.4 Å². The van der Waals surface area contributed by atoms with Gasteiger partial charge in [-0.3, -0.25) is 9.78 Å². The van der Waals surface area contributed by atoms with Crippen molar-refractivity contribution in [2.75, 3.05) is 26.4 Å².